The average molecular weight is 329 g/mol. The number of rotatable bonds is 4. The van der Waals surface area contributed by atoms with E-state index in [1.807, 2.05) is 24.4 Å². The number of nitrogen functional groups attached to an aromatic ring is 1. The third kappa shape index (κ3) is 2.59. The average Bonchev–Trinajstić information content (AvgIpc) is 2.78. The molecule has 6 heteroatoms. The zero-order valence-corrected chi connectivity index (χ0v) is 12.5. The second kappa shape index (κ2) is 5.58. The molecule has 0 aliphatic heterocycles. The van der Waals surface area contributed by atoms with Crippen LogP contribution in [0.3, 0.4) is 0 Å². The van der Waals surface area contributed by atoms with Crippen LogP contribution in [0.25, 0.3) is 11.3 Å². The number of hydrogen-bond acceptors (Lipinski definition) is 5. The molecule has 1 aromatic heterocycles. The first-order chi connectivity index (χ1) is 8.65. The molecule has 0 aliphatic rings. The Balaban J connectivity index is 2.50. The van der Waals surface area contributed by atoms with Crippen LogP contribution in [0.5, 0.6) is 11.5 Å². The van der Waals surface area contributed by atoms with Gasteiger partial charge in [0, 0.05) is 17.0 Å². The molecular formula is C12H13BrN2O2S. The number of halogens is 1. The van der Waals surface area contributed by atoms with Gasteiger partial charge in [-0.2, -0.15) is 0 Å². The van der Waals surface area contributed by atoms with E-state index in [1.165, 1.54) is 11.3 Å². The van der Waals surface area contributed by atoms with Crippen molar-refractivity contribution in [1.82, 2.24) is 4.98 Å². The SMILES string of the molecule is CCOc1cc(OC)c(-c2csc(N)n2)cc1Br. The number of benzene rings is 1. The first kappa shape index (κ1) is 13.2. The number of anilines is 1. The lowest BCUT2D eigenvalue weighted by Gasteiger charge is -2.11. The molecule has 0 spiro atoms. The van der Waals surface area contributed by atoms with Crippen LogP contribution in [0, 0.1) is 0 Å². The van der Waals surface area contributed by atoms with Crippen LogP contribution in [0.4, 0.5) is 5.13 Å². The standard InChI is InChI=1S/C12H13BrN2O2S/c1-3-17-11-5-10(16-2)7(4-8(11)13)9-6-18-12(14)15-9/h4-6H,3H2,1-2H3,(H2,14,15). The highest BCUT2D eigenvalue weighted by molar-refractivity contribution is 9.10. The summed E-state index contributed by atoms with van der Waals surface area (Å²) in [5.74, 6) is 1.47. The molecule has 1 heterocycles. The summed E-state index contributed by atoms with van der Waals surface area (Å²) in [5.41, 5.74) is 7.35. The number of ether oxygens (including phenoxy) is 2. The lowest BCUT2D eigenvalue weighted by atomic mass is 10.1. The van der Waals surface area contributed by atoms with E-state index in [0.717, 1.165) is 21.5 Å². The van der Waals surface area contributed by atoms with Crippen LogP contribution >= 0.6 is 27.3 Å². The van der Waals surface area contributed by atoms with E-state index in [0.29, 0.717) is 17.5 Å². The van der Waals surface area contributed by atoms with Gasteiger partial charge in [-0.05, 0) is 28.9 Å². The van der Waals surface area contributed by atoms with Gasteiger partial charge >= 0.3 is 0 Å². The molecule has 0 radical (unpaired) electrons. The molecule has 0 fully saturated rings. The van der Waals surface area contributed by atoms with Gasteiger partial charge in [-0.15, -0.1) is 11.3 Å². The minimum atomic E-state index is 0.539. The Kier molecular flexibility index (Phi) is 4.08. The van der Waals surface area contributed by atoms with Crippen molar-refractivity contribution in [2.45, 2.75) is 6.92 Å². The van der Waals surface area contributed by atoms with Crippen LogP contribution in [-0.4, -0.2) is 18.7 Å². The van der Waals surface area contributed by atoms with Crippen LogP contribution in [0.15, 0.2) is 22.0 Å². The molecule has 2 rings (SSSR count). The molecule has 0 saturated carbocycles. The Morgan fingerprint density at radius 2 is 2.17 bits per heavy atom. The minimum Gasteiger partial charge on any atom is -0.496 e. The molecule has 2 N–H and O–H groups in total. The first-order valence-electron chi connectivity index (χ1n) is 5.37. The monoisotopic (exact) mass is 328 g/mol. The van der Waals surface area contributed by atoms with E-state index < -0.39 is 0 Å². The fraction of sp³-hybridized carbons (Fsp3) is 0.250. The minimum absolute atomic E-state index is 0.539. The molecule has 0 saturated heterocycles. The third-order valence-electron chi connectivity index (χ3n) is 2.35. The molecule has 18 heavy (non-hydrogen) atoms. The van der Waals surface area contributed by atoms with Crippen LogP contribution in [0.2, 0.25) is 0 Å². The van der Waals surface area contributed by atoms with E-state index in [1.54, 1.807) is 7.11 Å². The number of nitrogens with zero attached hydrogens (tertiary/aromatic N) is 1. The molecular weight excluding hydrogens is 316 g/mol. The maximum atomic E-state index is 5.65. The van der Waals surface area contributed by atoms with E-state index in [2.05, 4.69) is 20.9 Å². The predicted molar refractivity (Wildman–Crippen MR) is 77.4 cm³/mol. The van der Waals surface area contributed by atoms with Crippen LogP contribution in [-0.2, 0) is 0 Å². The topological polar surface area (TPSA) is 57.4 Å². The third-order valence-corrected chi connectivity index (χ3v) is 3.65. The molecule has 96 valence electrons. The summed E-state index contributed by atoms with van der Waals surface area (Å²) in [6.45, 7) is 2.54. The predicted octanol–water partition coefficient (Wildman–Crippen LogP) is 3.56. The zero-order chi connectivity index (χ0) is 13.1. The molecule has 0 amide bonds. The highest BCUT2D eigenvalue weighted by atomic mass is 79.9. The van der Waals surface area contributed by atoms with Crippen molar-refractivity contribution in [3.05, 3.63) is 22.0 Å². The van der Waals surface area contributed by atoms with Crippen molar-refractivity contribution in [3.63, 3.8) is 0 Å². The summed E-state index contributed by atoms with van der Waals surface area (Å²) < 4.78 is 11.7. The van der Waals surface area contributed by atoms with Crippen molar-refractivity contribution in [2.24, 2.45) is 0 Å². The maximum absolute atomic E-state index is 5.65. The normalized spacial score (nSPS) is 10.4. The van der Waals surface area contributed by atoms with Gasteiger partial charge in [0.2, 0.25) is 0 Å². The highest BCUT2D eigenvalue weighted by Gasteiger charge is 2.13. The number of thiazole rings is 1. The van der Waals surface area contributed by atoms with Crippen molar-refractivity contribution in [3.8, 4) is 22.8 Å². The van der Waals surface area contributed by atoms with Gasteiger partial charge in [-0.1, -0.05) is 0 Å². The zero-order valence-electron chi connectivity index (χ0n) is 10.1. The van der Waals surface area contributed by atoms with Gasteiger partial charge in [0.05, 0.1) is 23.9 Å². The second-order valence-corrected chi connectivity index (χ2v) is 5.23. The number of methoxy groups -OCH3 is 1. The van der Waals surface area contributed by atoms with Gasteiger partial charge in [0.25, 0.3) is 0 Å². The van der Waals surface area contributed by atoms with Crippen LogP contribution < -0.4 is 15.2 Å². The smallest absolute Gasteiger partial charge is 0.180 e. The summed E-state index contributed by atoms with van der Waals surface area (Å²) in [7, 11) is 1.62. The molecule has 2 aromatic rings. The van der Waals surface area contributed by atoms with Crippen molar-refractivity contribution >= 4 is 32.4 Å². The number of hydrogen-bond donors (Lipinski definition) is 1. The Bertz CT molecular complexity index is 557. The van der Waals surface area contributed by atoms with E-state index in [4.69, 9.17) is 15.2 Å². The summed E-state index contributed by atoms with van der Waals surface area (Å²) in [6, 6.07) is 3.77. The lowest BCUT2D eigenvalue weighted by Crippen LogP contribution is -1.95. The van der Waals surface area contributed by atoms with Gasteiger partial charge in [0.15, 0.2) is 5.13 Å². The Labute approximate surface area is 118 Å². The summed E-state index contributed by atoms with van der Waals surface area (Å²) >= 11 is 4.88. The fourth-order valence-electron chi connectivity index (χ4n) is 1.58. The Hall–Kier alpha value is -1.27. The Morgan fingerprint density at radius 3 is 2.72 bits per heavy atom. The molecule has 0 bridgehead atoms. The van der Waals surface area contributed by atoms with Gasteiger partial charge < -0.3 is 15.2 Å². The maximum Gasteiger partial charge on any atom is 0.180 e. The summed E-state index contributed by atoms with van der Waals surface area (Å²) in [4.78, 5) is 4.26. The highest BCUT2D eigenvalue weighted by Crippen LogP contribution is 2.39. The quantitative estimate of drug-likeness (QED) is 0.932. The second-order valence-electron chi connectivity index (χ2n) is 3.49. The largest absolute Gasteiger partial charge is 0.496 e. The van der Waals surface area contributed by atoms with Gasteiger partial charge in [-0.25, -0.2) is 4.98 Å². The van der Waals surface area contributed by atoms with E-state index in [9.17, 15) is 0 Å². The first-order valence-corrected chi connectivity index (χ1v) is 7.04. The fourth-order valence-corrected chi connectivity index (χ4v) is 2.60. The number of nitrogens with two attached hydrogens (primary N) is 1. The van der Waals surface area contributed by atoms with E-state index in [-0.39, 0.29) is 0 Å². The summed E-state index contributed by atoms with van der Waals surface area (Å²) in [6.07, 6.45) is 0. The Morgan fingerprint density at radius 1 is 1.39 bits per heavy atom. The molecule has 4 nitrogen and oxygen atoms in total. The van der Waals surface area contributed by atoms with Gasteiger partial charge in [0.1, 0.15) is 11.5 Å². The van der Waals surface area contributed by atoms with Crippen molar-refractivity contribution in [2.75, 3.05) is 19.5 Å². The molecule has 0 atom stereocenters. The van der Waals surface area contributed by atoms with Crippen LogP contribution in [0.1, 0.15) is 6.92 Å². The van der Waals surface area contributed by atoms with Crippen molar-refractivity contribution < 1.29 is 9.47 Å². The van der Waals surface area contributed by atoms with Gasteiger partial charge in [-0.3, -0.25) is 0 Å². The molecule has 0 aliphatic carbocycles. The van der Waals surface area contributed by atoms with E-state index >= 15 is 0 Å². The molecule has 0 unspecified atom stereocenters. The molecule has 1 aromatic carbocycles. The number of aromatic nitrogens is 1. The summed E-state index contributed by atoms with van der Waals surface area (Å²) in [5, 5.41) is 2.44. The van der Waals surface area contributed by atoms with Crippen molar-refractivity contribution in [1.29, 1.82) is 0 Å². The lowest BCUT2D eigenvalue weighted by molar-refractivity contribution is 0.334.